The molecule has 0 radical (unpaired) electrons. The number of aliphatic hydroxyl groups excluding tert-OH is 1. The second-order valence-corrected chi connectivity index (χ2v) is 8.77. The Labute approximate surface area is 190 Å². The van der Waals surface area contributed by atoms with Gasteiger partial charge in [-0.15, -0.1) is 0 Å². The maximum absolute atomic E-state index is 13.5. The molecule has 8 nitrogen and oxygen atoms in total. The van der Waals surface area contributed by atoms with Crippen molar-refractivity contribution >= 4 is 40.1 Å². The first-order chi connectivity index (χ1) is 15.6. The number of benzene rings is 1. The lowest BCUT2D eigenvalue weighted by Crippen LogP contribution is -2.48. The third kappa shape index (κ3) is 4.46. The van der Waals surface area contributed by atoms with E-state index in [0.29, 0.717) is 34.5 Å². The topological polar surface area (TPSA) is 90.3 Å². The van der Waals surface area contributed by atoms with Gasteiger partial charge in [-0.25, -0.2) is 24.3 Å². The molecule has 4 heterocycles. The van der Waals surface area contributed by atoms with Gasteiger partial charge in [0.15, 0.2) is 5.82 Å². The number of nitrogens with one attached hydrogen (secondary N) is 1. The average molecular weight is 458 g/mol. The van der Waals surface area contributed by atoms with Gasteiger partial charge in [0.05, 0.1) is 17.3 Å². The van der Waals surface area contributed by atoms with E-state index in [0.717, 1.165) is 51.9 Å². The standard InChI is InChI=1S/C22H25ClFN7O/c23-17-11-14(1-2-18(17)24)28-21-20-19(26-13-27-21)12-25-22(29-20)31-7-3-15(4-8-31)30-9-5-16(32)6-10-30/h1-2,11-13,15-16,32H,3-10H2,(H,26,27,28). The molecule has 3 aromatic rings. The van der Waals surface area contributed by atoms with E-state index in [2.05, 4.69) is 30.1 Å². The highest BCUT2D eigenvalue weighted by molar-refractivity contribution is 6.31. The molecule has 2 aromatic heterocycles. The number of aliphatic hydroxyl groups is 1. The van der Waals surface area contributed by atoms with Gasteiger partial charge in [0.25, 0.3) is 0 Å². The quantitative estimate of drug-likeness (QED) is 0.616. The lowest BCUT2D eigenvalue weighted by atomic mass is 9.99. The molecule has 0 amide bonds. The van der Waals surface area contributed by atoms with E-state index in [4.69, 9.17) is 16.6 Å². The maximum atomic E-state index is 13.5. The van der Waals surface area contributed by atoms with Crippen molar-refractivity contribution in [3.63, 3.8) is 0 Å². The van der Waals surface area contributed by atoms with E-state index < -0.39 is 5.82 Å². The van der Waals surface area contributed by atoms with Gasteiger partial charge in [-0.1, -0.05) is 11.6 Å². The summed E-state index contributed by atoms with van der Waals surface area (Å²) in [5.74, 6) is 0.696. The Morgan fingerprint density at radius 2 is 1.81 bits per heavy atom. The minimum atomic E-state index is -0.474. The van der Waals surface area contributed by atoms with Crippen LogP contribution in [0.1, 0.15) is 25.7 Å². The highest BCUT2D eigenvalue weighted by Crippen LogP contribution is 2.27. The van der Waals surface area contributed by atoms with Crippen LogP contribution in [0.15, 0.2) is 30.7 Å². The van der Waals surface area contributed by atoms with Crippen molar-refractivity contribution in [1.29, 1.82) is 0 Å². The molecule has 32 heavy (non-hydrogen) atoms. The normalized spacial score (nSPS) is 18.9. The van der Waals surface area contributed by atoms with Gasteiger partial charge in [-0.2, -0.15) is 0 Å². The van der Waals surface area contributed by atoms with E-state index in [-0.39, 0.29) is 11.1 Å². The maximum Gasteiger partial charge on any atom is 0.226 e. The molecule has 2 aliphatic rings. The Bertz CT molecular complexity index is 1100. The summed E-state index contributed by atoms with van der Waals surface area (Å²) in [4.78, 5) is 22.6. The Hall–Kier alpha value is -2.62. The predicted octanol–water partition coefficient (Wildman–Crippen LogP) is 3.38. The third-order valence-electron chi connectivity index (χ3n) is 6.31. The van der Waals surface area contributed by atoms with Gasteiger partial charge in [0.1, 0.15) is 23.2 Å². The molecule has 10 heteroatoms. The Morgan fingerprint density at radius 3 is 2.56 bits per heavy atom. The molecule has 5 rings (SSSR count). The van der Waals surface area contributed by atoms with Crippen LogP contribution in [-0.4, -0.2) is 68.3 Å². The number of nitrogens with zero attached hydrogens (tertiary/aromatic N) is 6. The van der Waals surface area contributed by atoms with Crippen LogP contribution in [0.4, 0.5) is 21.8 Å². The highest BCUT2D eigenvalue weighted by atomic mass is 35.5. The minimum absolute atomic E-state index is 0.0368. The number of aromatic nitrogens is 4. The zero-order valence-corrected chi connectivity index (χ0v) is 18.3. The zero-order chi connectivity index (χ0) is 22.1. The fraction of sp³-hybridized carbons (Fsp3) is 0.455. The number of hydrogen-bond acceptors (Lipinski definition) is 8. The Morgan fingerprint density at radius 1 is 1.03 bits per heavy atom. The molecule has 2 aliphatic heterocycles. The van der Waals surface area contributed by atoms with Crippen LogP contribution in [-0.2, 0) is 0 Å². The fourth-order valence-corrected chi connectivity index (χ4v) is 4.66. The minimum Gasteiger partial charge on any atom is -0.393 e. The van der Waals surface area contributed by atoms with E-state index in [1.807, 2.05) is 0 Å². The number of anilines is 3. The van der Waals surface area contributed by atoms with Crippen molar-refractivity contribution in [3.8, 4) is 0 Å². The molecule has 0 aliphatic carbocycles. The number of rotatable bonds is 4. The molecule has 168 valence electrons. The fourth-order valence-electron chi connectivity index (χ4n) is 4.48. The van der Waals surface area contributed by atoms with Gasteiger partial charge in [-0.05, 0) is 43.9 Å². The largest absolute Gasteiger partial charge is 0.393 e. The predicted molar refractivity (Wildman–Crippen MR) is 122 cm³/mol. The molecule has 0 saturated carbocycles. The van der Waals surface area contributed by atoms with Crippen LogP contribution in [0.25, 0.3) is 11.0 Å². The van der Waals surface area contributed by atoms with Crippen LogP contribution in [0.3, 0.4) is 0 Å². The van der Waals surface area contributed by atoms with Gasteiger partial charge in [-0.3, -0.25) is 0 Å². The van der Waals surface area contributed by atoms with Crippen LogP contribution in [0.2, 0.25) is 5.02 Å². The third-order valence-corrected chi connectivity index (χ3v) is 6.60. The summed E-state index contributed by atoms with van der Waals surface area (Å²) >= 11 is 5.90. The zero-order valence-electron chi connectivity index (χ0n) is 17.6. The van der Waals surface area contributed by atoms with Crippen molar-refractivity contribution in [3.05, 3.63) is 41.6 Å². The highest BCUT2D eigenvalue weighted by Gasteiger charge is 2.28. The first-order valence-corrected chi connectivity index (χ1v) is 11.3. The molecule has 2 saturated heterocycles. The second-order valence-electron chi connectivity index (χ2n) is 8.37. The van der Waals surface area contributed by atoms with E-state index in [1.54, 1.807) is 12.3 Å². The van der Waals surface area contributed by atoms with Crippen LogP contribution in [0, 0.1) is 5.82 Å². The lowest BCUT2D eigenvalue weighted by molar-refractivity contribution is 0.0541. The first-order valence-electron chi connectivity index (χ1n) is 10.9. The van der Waals surface area contributed by atoms with Crippen molar-refractivity contribution in [2.45, 2.75) is 37.8 Å². The summed E-state index contributed by atoms with van der Waals surface area (Å²) in [6.45, 7) is 3.69. The van der Waals surface area contributed by atoms with Gasteiger partial charge in [0.2, 0.25) is 5.95 Å². The van der Waals surface area contributed by atoms with Crippen LogP contribution in [0.5, 0.6) is 0 Å². The molecule has 0 spiro atoms. The molecule has 0 atom stereocenters. The molecule has 2 fully saturated rings. The summed E-state index contributed by atoms with van der Waals surface area (Å²) in [6, 6.07) is 4.96. The SMILES string of the molecule is OC1CCN(C2CCN(c3ncc4ncnc(Nc5ccc(F)c(Cl)c5)c4n3)CC2)CC1. The van der Waals surface area contributed by atoms with Crippen molar-refractivity contribution < 1.29 is 9.50 Å². The molecule has 0 unspecified atom stereocenters. The summed E-state index contributed by atoms with van der Waals surface area (Å²) in [5, 5.41) is 13.0. The first kappa shape index (κ1) is 21.2. The van der Waals surface area contributed by atoms with Crippen LogP contribution < -0.4 is 10.2 Å². The summed E-state index contributed by atoms with van der Waals surface area (Å²) in [5.41, 5.74) is 1.84. The Kier molecular flexibility index (Phi) is 6.03. The van der Waals surface area contributed by atoms with E-state index in [1.165, 1.54) is 18.5 Å². The van der Waals surface area contributed by atoms with Gasteiger partial charge < -0.3 is 20.2 Å². The summed E-state index contributed by atoms with van der Waals surface area (Å²) < 4.78 is 13.5. The molecule has 1 aromatic carbocycles. The number of piperidine rings is 2. The van der Waals surface area contributed by atoms with Crippen molar-refractivity contribution in [2.24, 2.45) is 0 Å². The van der Waals surface area contributed by atoms with E-state index in [9.17, 15) is 9.50 Å². The summed E-state index contributed by atoms with van der Waals surface area (Å²) in [7, 11) is 0. The van der Waals surface area contributed by atoms with Crippen molar-refractivity contribution in [2.75, 3.05) is 36.4 Å². The van der Waals surface area contributed by atoms with Crippen molar-refractivity contribution in [1.82, 2.24) is 24.8 Å². The molecular weight excluding hydrogens is 433 g/mol. The number of halogens is 2. The van der Waals surface area contributed by atoms with E-state index >= 15 is 0 Å². The second kappa shape index (κ2) is 9.09. The summed E-state index contributed by atoms with van der Waals surface area (Å²) in [6.07, 6.45) is 6.82. The monoisotopic (exact) mass is 457 g/mol. The molecule has 0 bridgehead atoms. The average Bonchev–Trinajstić information content (AvgIpc) is 2.82. The Balaban J connectivity index is 1.32. The van der Waals surface area contributed by atoms with Gasteiger partial charge >= 0.3 is 0 Å². The number of fused-ring (bicyclic) bond motifs is 1. The molecular formula is C22H25ClFN7O. The van der Waals surface area contributed by atoms with Crippen LogP contribution >= 0.6 is 11.6 Å². The smallest absolute Gasteiger partial charge is 0.226 e. The molecule has 2 N–H and O–H groups in total. The number of hydrogen-bond donors (Lipinski definition) is 2. The lowest BCUT2D eigenvalue weighted by Gasteiger charge is -2.41. The number of likely N-dealkylation sites (tertiary alicyclic amines) is 1. The van der Waals surface area contributed by atoms with Gasteiger partial charge in [0, 0.05) is 37.9 Å².